The molecule has 1 aliphatic rings. The van der Waals surface area contributed by atoms with Gasteiger partial charge in [-0.2, -0.15) is 0 Å². The van der Waals surface area contributed by atoms with Crippen LogP contribution in [-0.4, -0.2) is 15.9 Å². The average molecular weight is 339 g/mol. The van der Waals surface area contributed by atoms with E-state index in [-0.39, 0.29) is 23.3 Å². The number of hydrogen-bond acceptors (Lipinski definition) is 4. The molecule has 24 heavy (non-hydrogen) atoms. The molecule has 0 radical (unpaired) electrons. The molecule has 3 aromatic rings. The van der Waals surface area contributed by atoms with Crippen molar-refractivity contribution in [2.75, 3.05) is 0 Å². The second-order valence-corrected chi connectivity index (χ2v) is 7.14. The summed E-state index contributed by atoms with van der Waals surface area (Å²) >= 11 is 1.54. The monoisotopic (exact) mass is 339 g/mol. The minimum absolute atomic E-state index is 0.0789. The van der Waals surface area contributed by atoms with Crippen molar-refractivity contribution in [1.29, 1.82) is 0 Å². The summed E-state index contributed by atoms with van der Waals surface area (Å²) in [7, 11) is 0. The molecular formula is C18H17N3O2S. The molecule has 122 valence electrons. The summed E-state index contributed by atoms with van der Waals surface area (Å²) in [5.74, 6) is -0.283. The zero-order chi connectivity index (χ0) is 16.7. The van der Waals surface area contributed by atoms with Gasteiger partial charge in [-0.1, -0.05) is 30.3 Å². The Labute approximate surface area is 142 Å². The molecule has 0 spiro atoms. The molecule has 0 saturated carbocycles. The molecule has 0 unspecified atom stereocenters. The molecular weight excluding hydrogens is 322 g/mol. The van der Waals surface area contributed by atoms with Crippen LogP contribution in [0, 0.1) is 0 Å². The summed E-state index contributed by atoms with van der Waals surface area (Å²) < 4.78 is 0. The van der Waals surface area contributed by atoms with Gasteiger partial charge in [0.05, 0.1) is 11.4 Å². The molecule has 5 nitrogen and oxygen atoms in total. The molecule has 0 bridgehead atoms. The van der Waals surface area contributed by atoms with E-state index in [1.54, 1.807) is 0 Å². The van der Waals surface area contributed by atoms with Gasteiger partial charge in [0.1, 0.15) is 4.83 Å². The lowest BCUT2D eigenvalue weighted by Gasteiger charge is -2.13. The Kier molecular flexibility index (Phi) is 3.69. The second kappa shape index (κ2) is 5.87. The van der Waals surface area contributed by atoms with Crippen LogP contribution in [0.5, 0.6) is 0 Å². The number of aromatic amines is 1. The third kappa shape index (κ3) is 2.53. The van der Waals surface area contributed by atoms with Gasteiger partial charge in [0.15, 0.2) is 0 Å². The Morgan fingerprint density at radius 1 is 1.29 bits per heavy atom. The van der Waals surface area contributed by atoms with Crippen LogP contribution in [-0.2, 0) is 12.8 Å². The molecule has 1 aromatic carbocycles. The number of carbonyl (C=O) groups is 1. The van der Waals surface area contributed by atoms with Gasteiger partial charge in [-0.3, -0.25) is 9.59 Å². The first-order valence-corrected chi connectivity index (χ1v) is 8.85. The van der Waals surface area contributed by atoms with E-state index in [9.17, 15) is 9.59 Å². The topological polar surface area (TPSA) is 74.8 Å². The number of benzene rings is 1. The molecule has 2 heterocycles. The number of hydrogen-bond donors (Lipinski definition) is 2. The first kappa shape index (κ1) is 15.1. The first-order valence-electron chi connectivity index (χ1n) is 8.04. The smallest absolute Gasteiger partial charge is 0.287 e. The maximum Gasteiger partial charge on any atom is 0.287 e. The lowest BCUT2D eigenvalue weighted by molar-refractivity contribution is 0.0929. The summed E-state index contributed by atoms with van der Waals surface area (Å²) in [6.45, 7) is 1.91. The third-order valence-corrected chi connectivity index (χ3v) is 5.62. The van der Waals surface area contributed by atoms with Crippen LogP contribution in [0.2, 0.25) is 0 Å². The van der Waals surface area contributed by atoms with E-state index in [1.807, 2.05) is 37.3 Å². The summed E-state index contributed by atoms with van der Waals surface area (Å²) in [4.78, 5) is 33.8. The maximum absolute atomic E-state index is 12.5. The Bertz CT molecular complexity index is 975. The minimum atomic E-state index is -0.362. The molecule has 6 heteroatoms. The Hall–Kier alpha value is -2.47. The number of rotatable bonds is 3. The van der Waals surface area contributed by atoms with Crippen molar-refractivity contribution in [3.63, 3.8) is 0 Å². The fraction of sp³-hybridized carbons (Fsp3) is 0.278. The van der Waals surface area contributed by atoms with Crippen molar-refractivity contribution in [2.24, 2.45) is 0 Å². The third-order valence-electron chi connectivity index (χ3n) is 4.44. The number of nitrogens with zero attached hydrogens (tertiary/aromatic N) is 1. The maximum atomic E-state index is 12.5. The van der Waals surface area contributed by atoms with Crippen LogP contribution >= 0.6 is 11.3 Å². The van der Waals surface area contributed by atoms with Gasteiger partial charge in [0.2, 0.25) is 5.82 Å². The van der Waals surface area contributed by atoms with E-state index in [2.05, 4.69) is 15.3 Å². The fourth-order valence-corrected chi connectivity index (χ4v) is 4.46. The number of aryl methyl sites for hydroxylation is 2. The highest BCUT2D eigenvalue weighted by Crippen LogP contribution is 2.34. The molecule has 0 saturated heterocycles. The molecule has 2 N–H and O–H groups in total. The predicted octanol–water partition coefficient (Wildman–Crippen LogP) is 2.96. The Balaban J connectivity index is 1.64. The lowest BCUT2D eigenvalue weighted by atomic mass is 10.1. The van der Waals surface area contributed by atoms with Crippen LogP contribution in [0.15, 0.2) is 35.1 Å². The number of nitrogens with one attached hydrogen (secondary N) is 2. The van der Waals surface area contributed by atoms with Gasteiger partial charge < -0.3 is 10.3 Å². The quantitative estimate of drug-likeness (QED) is 0.770. The Morgan fingerprint density at radius 2 is 2.08 bits per heavy atom. The van der Waals surface area contributed by atoms with Gasteiger partial charge >= 0.3 is 0 Å². The van der Waals surface area contributed by atoms with Crippen LogP contribution in [0.1, 0.15) is 46.0 Å². The number of thiophene rings is 1. The van der Waals surface area contributed by atoms with Crippen molar-refractivity contribution < 1.29 is 4.79 Å². The van der Waals surface area contributed by atoms with Gasteiger partial charge in [-0.25, -0.2) is 4.98 Å². The van der Waals surface area contributed by atoms with Gasteiger partial charge in [0.25, 0.3) is 11.5 Å². The summed E-state index contributed by atoms with van der Waals surface area (Å²) in [6, 6.07) is 9.53. The van der Waals surface area contributed by atoms with Crippen molar-refractivity contribution in [2.45, 2.75) is 32.2 Å². The van der Waals surface area contributed by atoms with Crippen molar-refractivity contribution >= 4 is 27.5 Å². The minimum Gasteiger partial charge on any atom is -0.343 e. The molecule has 1 atom stereocenters. The van der Waals surface area contributed by atoms with E-state index in [1.165, 1.54) is 16.2 Å². The number of fused-ring (bicyclic) bond motifs is 3. The molecule has 2 aromatic heterocycles. The van der Waals surface area contributed by atoms with Gasteiger partial charge in [0, 0.05) is 4.88 Å². The van der Waals surface area contributed by atoms with Crippen molar-refractivity contribution in [3.05, 3.63) is 62.5 Å². The highest BCUT2D eigenvalue weighted by molar-refractivity contribution is 7.18. The predicted molar refractivity (Wildman–Crippen MR) is 94.6 cm³/mol. The van der Waals surface area contributed by atoms with Gasteiger partial charge in [-0.15, -0.1) is 11.3 Å². The van der Waals surface area contributed by atoms with E-state index < -0.39 is 0 Å². The standard InChI is InChI=1S/C18H17N3O2S/c1-10(11-6-3-2-4-7-11)19-17(23)15-20-16(22)14-12-8-5-9-13(12)24-18(14)21-15/h2-4,6-7,10H,5,8-9H2,1H3,(H,19,23)(H,20,21,22)/t10-/m0/s1. The summed E-state index contributed by atoms with van der Waals surface area (Å²) in [5.41, 5.74) is 1.91. The number of amides is 1. The van der Waals surface area contributed by atoms with E-state index in [4.69, 9.17) is 0 Å². The highest BCUT2D eigenvalue weighted by atomic mass is 32.1. The average Bonchev–Trinajstić information content (AvgIpc) is 3.15. The van der Waals surface area contributed by atoms with Gasteiger partial charge in [-0.05, 0) is 37.3 Å². The molecule has 4 rings (SSSR count). The van der Waals surface area contributed by atoms with E-state index in [0.717, 1.165) is 30.4 Å². The van der Waals surface area contributed by atoms with Crippen molar-refractivity contribution in [1.82, 2.24) is 15.3 Å². The first-order chi connectivity index (χ1) is 11.6. The SMILES string of the molecule is C[C@H](NC(=O)c1nc2sc3c(c2c(=O)[nH]1)CCC3)c1ccccc1. The van der Waals surface area contributed by atoms with Crippen LogP contribution in [0.4, 0.5) is 0 Å². The molecule has 1 amide bonds. The van der Waals surface area contributed by atoms with Crippen LogP contribution in [0.25, 0.3) is 10.2 Å². The second-order valence-electron chi connectivity index (χ2n) is 6.06. The lowest BCUT2D eigenvalue weighted by Crippen LogP contribution is -2.30. The van der Waals surface area contributed by atoms with Crippen LogP contribution in [0.3, 0.4) is 0 Å². The zero-order valence-electron chi connectivity index (χ0n) is 13.3. The number of H-pyrrole nitrogens is 1. The van der Waals surface area contributed by atoms with E-state index >= 15 is 0 Å². The molecule has 0 aliphatic heterocycles. The largest absolute Gasteiger partial charge is 0.343 e. The number of aromatic nitrogens is 2. The molecule has 1 aliphatic carbocycles. The Morgan fingerprint density at radius 3 is 2.88 bits per heavy atom. The van der Waals surface area contributed by atoms with E-state index in [0.29, 0.717) is 10.2 Å². The fourth-order valence-electron chi connectivity index (χ4n) is 3.20. The summed E-state index contributed by atoms with van der Waals surface area (Å²) in [6.07, 6.45) is 3.02. The zero-order valence-corrected chi connectivity index (χ0v) is 14.1. The normalized spacial score (nSPS) is 14.5. The summed E-state index contributed by atoms with van der Waals surface area (Å²) in [5, 5.41) is 3.55. The van der Waals surface area contributed by atoms with Crippen LogP contribution < -0.4 is 10.9 Å². The molecule has 0 fully saturated rings. The van der Waals surface area contributed by atoms with Crippen molar-refractivity contribution in [3.8, 4) is 0 Å². The highest BCUT2D eigenvalue weighted by Gasteiger charge is 2.22. The number of carbonyl (C=O) groups excluding carboxylic acids is 1.